The van der Waals surface area contributed by atoms with Gasteiger partial charge in [0.05, 0.1) is 11.0 Å². The fourth-order valence-corrected chi connectivity index (χ4v) is 1.68. The molecule has 3 N–H and O–H groups in total. The number of rotatable bonds is 6. The second-order valence-corrected chi connectivity index (χ2v) is 5.67. The summed E-state index contributed by atoms with van der Waals surface area (Å²) in [7, 11) is 0. The van der Waals surface area contributed by atoms with Crippen LogP contribution in [-0.4, -0.2) is 28.6 Å². The molecule has 1 rings (SSSR count). The molecule has 1 amide bonds. The van der Waals surface area contributed by atoms with E-state index in [4.69, 9.17) is 5.73 Å². The number of pyridine rings is 1. The summed E-state index contributed by atoms with van der Waals surface area (Å²) in [6, 6.07) is 2.64. The molecule has 0 bridgehead atoms. The number of nitro groups is 1. The molecule has 0 saturated carbocycles. The largest absolute Gasteiger partial charge is 0.445 e. The van der Waals surface area contributed by atoms with Gasteiger partial charge in [0.2, 0.25) is 5.82 Å². The van der Waals surface area contributed by atoms with Crippen LogP contribution in [0.4, 0.5) is 16.3 Å². The maximum Gasteiger partial charge on any atom is 0.404 e. The second-order valence-electron chi connectivity index (χ2n) is 5.67. The molecular weight excluding hydrogens is 288 g/mol. The highest BCUT2D eigenvalue weighted by Gasteiger charge is 2.25. The molecule has 8 nitrogen and oxygen atoms in total. The molecule has 0 radical (unpaired) electrons. The highest BCUT2D eigenvalue weighted by Crippen LogP contribution is 2.27. The Kier molecular flexibility index (Phi) is 5.85. The van der Waals surface area contributed by atoms with Crippen LogP contribution in [0.2, 0.25) is 0 Å². The Labute approximate surface area is 128 Å². The highest BCUT2D eigenvalue weighted by molar-refractivity contribution is 5.64. The van der Waals surface area contributed by atoms with Crippen molar-refractivity contribution in [3.8, 4) is 0 Å². The zero-order chi connectivity index (χ0) is 16.8. The summed E-state index contributed by atoms with van der Waals surface area (Å²) in [6.45, 7) is 5.95. The fourth-order valence-electron chi connectivity index (χ4n) is 1.68. The molecule has 0 saturated heterocycles. The Bertz CT molecular complexity index is 566. The maximum atomic E-state index is 11.0. The molecule has 0 fully saturated rings. The van der Waals surface area contributed by atoms with E-state index >= 15 is 0 Å². The van der Waals surface area contributed by atoms with Crippen molar-refractivity contribution in [2.45, 2.75) is 26.8 Å². The number of amides is 1. The van der Waals surface area contributed by atoms with Crippen LogP contribution >= 0.6 is 0 Å². The van der Waals surface area contributed by atoms with Crippen LogP contribution in [-0.2, 0) is 4.74 Å². The number of primary amides is 1. The van der Waals surface area contributed by atoms with Gasteiger partial charge in [-0.25, -0.2) is 9.78 Å². The highest BCUT2D eigenvalue weighted by atomic mass is 16.6. The molecule has 0 aromatic carbocycles. The van der Waals surface area contributed by atoms with E-state index in [1.807, 2.05) is 20.8 Å². The first kappa shape index (κ1) is 17.4. The Morgan fingerprint density at radius 3 is 2.82 bits per heavy atom. The molecule has 22 heavy (non-hydrogen) atoms. The van der Waals surface area contributed by atoms with E-state index in [0.717, 1.165) is 0 Å². The average molecular weight is 308 g/mol. The van der Waals surface area contributed by atoms with Crippen LogP contribution < -0.4 is 11.1 Å². The standard InChI is InChI=1S/C14H20N4O4/c1-14(2,3)11(7-5-9-22-13(15)19)17-12-10(18(20)21)6-4-8-16-12/h4-8,11H,9H2,1-3H3,(H2,15,19)(H,16,17). The van der Waals surface area contributed by atoms with Gasteiger partial charge < -0.3 is 15.8 Å². The Morgan fingerprint density at radius 2 is 2.27 bits per heavy atom. The molecule has 0 aliphatic rings. The Morgan fingerprint density at radius 1 is 1.59 bits per heavy atom. The third kappa shape index (κ3) is 5.39. The van der Waals surface area contributed by atoms with Crippen molar-refractivity contribution in [3.05, 3.63) is 40.6 Å². The third-order valence-corrected chi connectivity index (χ3v) is 2.86. The smallest absolute Gasteiger partial charge is 0.404 e. The predicted molar refractivity (Wildman–Crippen MR) is 82.4 cm³/mol. The van der Waals surface area contributed by atoms with Gasteiger partial charge in [0.25, 0.3) is 0 Å². The molecule has 1 unspecified atom stereocenters. The molecular formula is C14H20N4O4. The number of hydrogen-bond donors (Lipinski definition) is 2. The molecule has 1 aromatic heterocycles. The average Bonchev–Trinajstić information content (AvgIpc) is 2.41. The molecule has 0 aliphatic heterocycles. The van der Waals surface area contributed by atoms with Crippen molar-refractivity contribution < 1.29 is 14.5 Å². The minimum atomic E-state index is -0.856. The lowest BCUT2D eigenvalue weighted by Gasteiger charge is -2.29. The summed E-state index contributed by atoms with van der Waals surface area (Å²) in [4.78, 5) is 25.1. The monoisotopic (exact) mass is 308 g/mol. The van der Waals surface area contributed by atoms with E-state index < -0.39 is 11.0 Å². The summed E-state index contributed by atoms with van der Waals surface area (Å²) in [6.07, 6.45) is 4.02. The number of nitrogens with two attached hydrogens (primary N) is 1. The maximum absolute atomic E-state index is 11.0. The lowest BCUT2D eigenvalue weighted by Crippen LogP contribution is -2.32. The summed E-state index contributed by atoms with van der Waals surface area (Å²) in [5.41, 5.74) is 4.54. The summed E-state index contributed by atoms with van der Waals surface area (Å²) in [5.74, 6) is 0.188. The van der Waals surface area contributed by atoms with Crippen LogP contribution in [0.25, 0.3) is 0 Å². The van der Waals surface area contributed by atoms with Crippen LogP contribution in [0.3, 0.4) is 0 Å². The van der Waals surface area contributed by atoms with Crippen LogP contribution in [0.15, 0.2) is 30.5 Å². The number of nitrogens with one attached hydrogen (secondary N) is 1. The molecule has 0 aliphatic carbocycles. The minimum absolute atomic E-state index is 0.0356. The number of carbonyl (C=O) groups is 1. The van der Waals surface area contributed by atoms with Crippen LogP contribution in [0.5, 0.6) is 0 Å². The van der Waals surface area contributed by atoms with Crippen molar-refractivity contribution in [3.63, 3.8) is 0 Å². The molecule has 1 aromatic rings. The predicted octanol–water partition coefficient (Wildman–Crippen LogP) is 2.47. The van der Waals surface area contributed by atoms with E-state index in [1.165, 1.54) is 18.3 Å². The number of anilines is 1. The number of aromatic nitrogens is 1. The van der Waals surface area contributed by atoms with Crippen molar-refractivity contribution in [1.82, 2.24) is 4.98 Å². The van der Waals surface area contributed by atoms with Crippen molar-refractivity contribution >= 4 is 17.6 Å². The third-order valence-electron chi connectivity index (χ3n) is 2.86. The van der Waals surface area contributed by atoms with Crippen LogP contribution in [0.1, 0.15) is 20.8 Å². The zero-order valence-electron chi connectivity index (χ0n) is 12.8. The fraction of sp³-hybridized carbons (Fsp3) is 0.429. The van der Waals surface area contributed by atoms with Gasteiger partial charge in [0.15, 0.2) is 0 Å². The van der Waals surface area contributed by atoms with E-state index in [-0.39, 0.29) is 29.6 Å². The van der Waals surface area contributed by atoms with Crippen molar-refractivity contribution in [1.29, 1.82) is 0 Å². The quantitative estimate of drug-likeness (QED) is 0.473. The lowest BCUT2D eigenvalue weighted by molar-refractivity contribution is -0.384. The van der Waals surface area contributed by atoms with Crippen molar-refractivity contribution in [2.75, 3.05) is 11.9 Å². The van der Waals surface area contributed by atoms with E-state index in [1.54, 1.807) is 12.2 Å². The van der Waals surface area contributed by atoms with E-state index in [9.17, 15) is 14.9 Å². The second kappa shape index (κ2) is 7.39. The van der Waals surface area contributed by atoms with Gasteiger partial charge in [-0.1, -0.05) is 26.8 Å². The first-order valence-electron chi connectivity index (χ1n) is 6.66. The van der Waals surface area contributed by atoms with Gasteiger partial charge in [0, 0.05) is 12.3 Å². The van der Waals surface area contributed by atoms with E-state index in [0.29, 0.717) is 0 Å². The Balaban J connectivity index is 2.91. The summed E-state index contributed by atoms with van der Waals surface area (Å²) < 4.78 is 4.62. The van der Waals surface area contributed by atoms with Gasteiger partial charge in [-0.05, 0) is 17.6 Å². The first-order chi connectivity index (χ1) is 10.2. The lowest BCUT2D eigenvalue weighted by atomic mass is 9.86. The molecule has 120 valence electrons. The van der Waals surface area contributed by atoms with E-state index in [2.05, 4.69) is 15.0 Å². The molecule has 1 heterocycles. The topological polar surface area (TPSA) is 120 Å². The molecule has 0 spiro atoms. The first-order valence-corrected chi connectivity index (χ1v) is 6.66. The summed E-state index contributed by atoms with van der Waals surface area (Å²) in [5, 5.41) is 14.1. The van der Waals surface area contributed by atoms with Gasteiger partial charge in [-0.2, -0.15) is 0 Å². The van der Waals surface area contributed by atoms with Gasteiger partial charge in [-0.15, -0.1) is 0 Å². The molecule has 8 heteroatoms. The Hall–Kier alpha value is -2.64. The number of carbonyl (C=O) groups excluding carboxylic acids is 1. The van der Waals surface area contributed by atoms with Crippen molar-refractivity contribution in [2.24, 2.45) is 11.1 Å². The minimum Gasteiger partial charge on any atom is -0.445 e. The molecule has 1 atom stereocenters. The normalized spacial score (nSPS) is 12.9. The van der Waals surface area contributed by atoms with Gasteiger partial charge >= 0.3 is 11.8 Å². The van der Waals surface area contributed by atoms with Crippen LogP contribution in [0, 0.1) is 15.5 Å². The SMILES string of the molecule is CC(C)(C)C(C=CCOC(N)=O)Nc1ncccc1[N+](=O)[O-]. The number of ether oxygens (including phenoxy) is 1. The van der Waals surface area contributed by atoms with Gasteiger partial charge in [-0.3, -0.25) is 10.1 Å². The summed E-state index contributed by atoms with van der Waals surface area (Å²) >= 11 is 0. The number of nitrogens with zero attached hydrogens (tertiary/aromatic N) is 2. The zero-order valence-corrected chi connectivity index (χ0v) is 12.8. The van der Waals surface area contributed by atoms with Gasteiger partial charge in [0.1, 0.15) is 6.61 Å². The number of hydrogen-bond acceptors (Lipinski definition) is 6.